The second kappa shape index (κ2) is 6.75. The highest BCUT2D eigenvalue weighted by molar-refractivity contribution is 9.10. The van der Waals surface area contributed by atoms with Crippen LogP contribution in [-0.4, -0.2) is 26.6 Å². The van der Waals surface area contributed by atoms with Crippen molar-refractivity contribution in [1.82, 2.24) is 24.9 Å². The van der Waals surface area contributed by atoms with E-state index in [1.165, 1.54) is 17.0 Å². The fourth-order valence-electron chi connectivity index (χ4n) is 2.76. The molecule has 6 heteroatoms. The SMILES string of the molecule is CCCn1ncc(Br)c1C(Cc1c(C)nn(C)c1C)NC. The van der Waals surface area contributed by atoms with Crippen LogP contribution in [0.1, 0.15) is 42.0 Å². The summed E-state index contributed by atoms with van der Waals surface area (Å²) >= 11 is 3.64. The van der Waals surface area contributed by atoms with E-state index in [2.05, 4.69) is 56.9 Å². The molecule has 116 valence electrons. The molecule has 2 aromatic rings. The highest BCUT2D eigenvalue weighted by Crippen LogP contribution is 2.28. The molecule has 0 radical (unpaired) electrons. The van der Waals surface area contributed by atoms with Crippen molar-refractivity contribution in [2.45, 2.75) is 46.2 Å². The van der Waals surface area contributed by atoms with Gasteiger partial charge in [0.2, 0.25) is 0 Å². The van der Waals surface area contributed by atoms with Crippen molar-refractivity contribution in [2.75, 3.05) is 7.05 Å². The average molecular weight is 354 g/mol. The van der Waals surface area contributed by atoms with Crippen LogP contribution in [0, 0.1) is 13.8 Å². The topological polar surface area (TPSA) is 47.7 Å². The number of aryl methyl sites for hydroxylation is 3. The number of nitrogens with one attached hydrogen (secondary N) is 1. The molecule has 2 aromatic heterocycles. The smallest absolute Gasteiger partial charge is 0.0698 e. The minimum atomic E-state index is 0.218. The lowest BCUT2D eigenvalue weighted by atomic mass is 10.0. The lowest BCUT2D eigenvalue weighted by Crippen LogP contribution is -2.23. The predicted octanol–water partition coefficient (Wildman–Crippen LogP) is 2.91. The molecule has 0 bridgehead atoms. The summed E-state index contributed by atoms with van der Waals surface area (Å²) in [6, 6.07) is 0.218. The molecule has 0 spiro atoms. The summed E-state index contributed by atoms with van der Waals surface area (Å²) in [6.45, 7) is 7.31. The Bertz CT molecular complexity index is 614. The van der Waals surface area contributed by atoms with E-state index in [4.69, 9.17) is 0 Å². The lowest BCUT2D eigenvalue weighted by molar-refractivity contribution is 0.494. The van der Waals surface area contributed by atoms with Gasteiger partial charge in [-0.2, -0.15) is 10.2 Å². The second-order valence-corrected chi connectivity index (χ2v) is 6.27. The van der Waals surface area contributed by atoms with Gasteiger partial charge in [-0.15, -0.1) is 0 Å². The predicted molar refractivity (Wildman–Crippen MR) is 88.4 cm³/mol. The summed E-state index contributed by atoms with van der Waals surface area (Å²) in [5.41, 5.74) is 4.85. The number of likely N-dealkylation sites (N-methyl/N-ethyl adjacent to an activating group) is 1. The van der Waals surface area contributed by atoms with Crippen LogP contribution in [0.2, 0.25) is 0 Å². The number of rotatable bonds is 6. The Kier molecular flexibility index (Phi) is 5.22. The van der Waals surface area contributed by atoms with Gasteiger partial charge >= 0.3 is 0 Å². The van der Waals surface area contributed by atoms with E-state index < -0.39 is 0 Å². The van der Waals surface area contributed by atoms with E-state index in [0.717, 1.165) is 29.6 Å². The molecule has 1 atom stereocenters. The van der Waals surface area contributed by atoms with E-state index in [1.807, 2.05) is 25.0 Å². The molecule has 0 saturated carbocycles. The zero-order valence-electron chi connectivity index (χ0n) is 13.4. The maximum atomic E-state index is 4.52. The Labute approximate surface area is 134 Å². The number of aromatic nitrogens is 4. The zero-order chi connectivity index (χ0) is 15.6. The largest absolute Gasteiger partial charge is 0.311 e. The number of hydrogen-bond acceptors (Lipinski definition) is 3. The Balaban J connectivity index is 2.34. The normalized spacial score (nSPS) is 12.9. The summed E-state index contributed by atoms with van der Waals surface area (Å²) in [5, 5.41) is 12.4. The van der Waals surface area contributed by atoms with Gasteiger partial charge < -0.3 is 5.32 Å². The maximum absolute atomic E-state index is 4.52. The van der Waals surface area contributed by atoms with Crippen molar-refractivity contribution in [3.8, 4) is 0 Å². The summed E-state index contributed by atoms with van der Waals surface area (Å²) in [4.78, 5) is 0. The minimum absolute atomic E-state index is 0.218. The van der Waals surface area contributed by atoms with Crippen LogP contribution < -0.4 is 5.32 Å². The van der Waals surface area contributed by atoms with Crippen molar-refractivity contribution >= 4 is 15.9 Å². The Morgan fingerprint density at radius 1 is 1.38 bits per heavy atom. The van der Waals surface area contributed by atoms with Gasteiger partial charge in [-0.25, -0.2) is 0 Å². The van der Waals surface area contributed by atoms with Gasteiger partial charge in [0.05, 0.1) is 28.1 Å². The van der Waals surface area contributed by atoms with Gasteiger partial charge in [0.1, 0.15) is 0 Å². The molecule has 0 aromatic carbocycles. The lowest BCUT2D eigenvalue weighted by Gasteiger charge is -2.19. The first-order valence-electron chi connectivity index (χ1n) is 7.37. The summed E-state index contributed by atoms with van der Waals surface area (Å²) in [6.07, 6.45) is 3.87. The number of halogens is 1. The van der Waals surface area contributed by atoms with Gasteiger partial charge in [-0.3, -0.25) is 9.36 Å². The Morgan fingerprint density at radius 2 is 2.10 bits per heavy atom. The summed E-state index contributed by atoms with van der Waals surface area (Å²) in [7, 11) is 4.00. The van der Waals surface area contributed by atoms with Crippen LogP contribution in [0.25, 0.3) is 0 Å². The summed E-state index contributed by atoms with van der Waals surface area (Å²) < 4.78 is 5.11. The van der Waals surface area contributed by atoms with E-state index in [1.54, 1.807) is 0 Å². The van der Waals surface area contributed by atoms with E-state index >= 15 is 0 Å². The molecule has 0 amide bonds. The third-order valence-corrected chi connectivity index (χ3v) is 4.63. The van der Waals surface area contributed by atoms with Crippen molar-refractivity contribution in [3.05, 3.63) is 33.3 Å². The molecule has 0 saturated heterocycles. The highest BCUT2D eigenvalue weighted by Gasteiger charge is 2.22. The van der Waals surface area contributed by atoms with Gasteiger partial charge in [-0.05, 0) is 55.2 Å². The van der Waals surface area contributed by atoms with Crippen molar-refractivity contribution in [3.63, 3.8) is 0 Å². The van der Waals surface area contributed by atoms with E-state index in [-0.39, 0.29) is 6.04 Å². The molecule has 2 rings (SSSR count). The number of hydrogen-bond donors (Lipinski definition) is 1. The first-order valence-corrected chi connectivity index (χ1v) is 8.16. The monoisotopic (exact) mass is 353 g/mol. The number of nitrogens with zero attached hydrogens (tertiary/aromatic N) is 4. The van der Waals surface area contributed by atoms with E-state index in [9.17, 15) is 0 Å². The molecule has 1 N–H and O–H groups in total. The maximum Gasteiger partial charge on any atom is 0.0698 e. The average Bonchev–Trinajstić information content (AvgIpc) is 2.91. The fraction of sp³-hybridized carbons (Fsp3) is 0.600. The van der Waals surface area contributed by atoms with Gasteiger partial charge in [0.25, 0.3) is 0 Å². The highest BCUT2D eigenvalue weighted by atomic mass is 79.9. The standard InChI is InChI=1S/C15H24BrN5/c1-6-7-21-15(13(16)9-18-21)14(17-4)8-12-10(2)19-20(5)11(12)3/h9,14,17H,6-8H2,1-5H3. The van der Waals surface area contributed by atoms with Crippen LogP contribution >= 0.6 is 15.9 Å². The van der Waals surface area contributed by atoms with Crippen LogP contribution in [0.5, 0.6) is 0 Å². The molecule has 2 heterocycles. The first-order chi connectivity index (χ1) is 9.99. The molecule has 21 heavy (non-hydrogen) atoms. The molecule has 0 aliphatic heterocycles. The molecular weight excluding hydrogens is 330 g/mol. The first kappa shape index (κ1) is 16.2. The molecule has 0 aliphatic rings. The third-order valence-electron chi connectivity index (χ3n) is 4.01. The van der Waals surface area contributed by atoms with Crippen LogP contribution in [0.4, 0.5) is 0 Å². The molecule has 0 aliphatic carbocycles. The molecule has 5 nitrogen and oxygen atoms in total. The van der Waals surface area contributed by atoms with Crippen molar-refractivity contribution in [2.24, 2.45) is 7.05 Å². The fourth-order valence-corrected chi connectivity index (χ4v) is 3.33. The molecule has 1 unspecified atom stereocenters. The van der Waals surface area contributed by atoms with Gasteiger partial charge in [-0.1, -0.05) is 6.92 Å². The van der Waals surface area contributed by atoms with Gasteiger partial charge in [0.15, 0.2) is 0 Å². The van der Waals surface area contributed by atoms with Crippen molar-refractivity contribution < 1.29 is 0 Å². The van der Waals surface area contributed by atoms with Crippen LogP contribution in [0.15, 0.2) is 10.7 Å². The Hall–Kier alpha value is -1.14. The quantitative estimate of drug-likeness (QED) is 0.868. The van der Waals surface area contributed by atoms with E-state index in [0.29, 0.717) is 0 Å². The van der Waals surface area contributed by atoms with Crippen LogP contribution in [-0.2, 0) is 20.0 Å². The summed E-state index contributed by atoms with van der Waals surface area (Å²) in [5.74, 6) is 0. The third kappa shape index (κ3) is 3.21. The van der Waals surface area contributed by atoms with Gasteiger partial charge in [0, 0.05) is 19.3 Å². The Morgan fingerprint density at radius 3 is 2.62 bits per heavy atom. The van der Waals surface area contributed by atoms with Crippen molar-refractivity contribution in [1.29, 1.82) is 0 Å². The van der Waals surface area contributed by atoms with Crippen LogP contribution in [0.3, 0.4) is 0 Å². The second-order valence-electron chi connectivity index (χ2n) is 5.42. The minimum Gasteiger partial charge on any atom is -0.311 e. The molecular formula is C15H24BrN5. The molecule has 0 fully saturated rings. The zero-order valence-corrected chi connectivity index (χ0v) is 15.0.